The van der Waals surface area contributed by atoms with Crippen LogP contribution in [0.2, 0.25) is 0 Å². The topological polar surface area (TPSA) is 63.1 Å². The number of anilines is 1. The summed E-state index contributed by atoms with van der Waals surface area (Å²) in [5.74, 6) is 0.442. The fourth-order valence-electron chi connectivity index (χ4n) is 2.74. The summed E-state index contributed by atoms with van der Waals surface area (Å²) in [7, 11) is 0. The molecule has 4 rings (SSSR count). The first kappa shape index (κ1) is 17.5. The van der Waals surface area contributed by atoms with Crippen molar-refractivity contribution in [3.63, 3.8) is 0 Å². The number of hydrogen-bond acceptors (Lipinski definition) is 5. The third-order valence-electron chi connectivity index (χ3n) is 4.21. The molecule has 2 aromatic carbocycles. The Kier molecular flexibility index (Phi) is 5.15. The van der Waals surface area contributed by atoms with Crippen molar-refractivity contribution in [3.05, 3.63) is 96.3 Å². The largest absolute Gasteiger partial charge is 0.264 e. The molecule has 0 saturated carbocycles. The Morgan fingerprint density at radius 2 is 1.54 bits per heavy atom. The van der Waals surface area contributed by atoms with Gasteiger partial charge in [0.15, 0.2) is 0 Å². The zero-order valence-corrected chi connectivity index (χ0v) is 15.4. The molecule has 0 unspecified atom stereocenters. The fraction of sp³-hybridized carbons (Fsp3) is 0.0435. The number of pyridine rings is 1. The average Bonchev–Trinajstić information content (AvgIpc) is 2.75. The molecule has 5 nitrogen and oxygen atoms in total. The second-order valence-corrected chi connectivity index (χ2v) is 6.35. The van der Waals surface area contributed by atoms with Gasteiger partial charge in [-0.05, 0) is 19.1 Å². The quantitative estimate of drug-likeness (QED) is 0.401. The Hall–Kier alpha value is -3.86. The van der Waals surface area contributed by atoms with Gasteiger partial charge >= 0.3 is 0 Å². The molecule has 0 aliphatic rings. The van der Waals surface area contributed by atoms with Crippen LogP contribution in [0.3, 0.4) is 0 Å². The van der Waals surface area contributed by atoms with Gasteiger partial charge in [-0.25, -0.2) is 15.4 Å². The first-order chi connectivity index (χ1) is 13.8. The van der Waals surface area contributed by atoms with Gasteiger partial charge in [-0.3, -0.25) is 4.98 Å². The van der Waals surface area contributed by atoms with Gasteiger partial charge in [-0.1, -0.05) is 66.2 Å². The first-order valence-electron chi connectivity index (χ1n) is 8.98. The lowest BCUT2D eigenvalue weighted by Crippen LogP contribution is -2.00. The Labute approximate surface area is 163 Å². The molecule has 0 radical (unpaired) electrons. The standard InChI is InChI=1S/C23H19N5/c1-17-9-11-20(12-10-17)22-14-21(19-7-3-2-4-8-19)26-23(27-22)28-25-16-18-6-5-13-24-15-18/h2-16H,1H3,(H,26,27,28)/b25-16-. The molecule has 2 aromatic heterocycles. The van der Waals surface area contributed by atoms with E-state index in [-0.39, 0.29) is 0 Å². The maximum Gasteiger partial charge on any atom is 0.244 e. The molecule has 0 aliphatic heterocycles. The minimum Gasteiger partial charge on any atom is -0.264 e. The molecule has 0 amide bonds. The van der Waals surface area contributed by atoms with Gasteiger partial charge in [0.05, 0.1) is 17.6 Å². The summed E-state index contributed by atoms with van der Waals surface area (Å²) in [5, 5.41) is 4.26. The summed E-state index contributed by atoms with van der Waals surface area (Å²) in [6, 6.07) is 24.1. The van der Waals surface area contributed by atoms with E-state index < -0.39 is 0 Å². The molecule has 2 heterocycles. The highest BCUT2D eigenvalue weighted by molar-refractivity contribution is 5.79. The predicted molar refractivity (Wildman–Crippen MR) is 113 cm³/mol. The van der Waals surface area contributed by atoms with Crippen LogP contribution in [0.5, 0.6) is 0 Å². The Bertz CT molecular complexity index is 1080. The van der Waals surface area contributed by atoms with Gasteiger partial charge in [-0.15, -0.1) is 0 Å². The zero-order valence-electron chi connectivity index (χ0n) is 15.4. The van der Waals surface area contributed by atoms with Crippen molar-refractivity contribution in [1.29, 1.82) is 0 Å². The molecular weight excluding hydrogens is 346 g/mol. The van der Waals surface area contributed by atoms with Crippen molar-refractivity contribution < 1.29 is 0 Å². The summed E-state index contributed by atoms with van der Waals surface area (Å²) in [5.41, 5.74) is 8.79. The van der Waals surface area contributed by atoms with Crippen molar-refractivity contribution in [2.75, 3.05) is 5.43 Å². The molecule has 0 bridgehead atoms. The third-order valence-corrected chi connectivity index (χ3v) is 4.21. The van der Waals surface area contributed by atoms with E-state index in [1.54, 1.807) is 18.6 Å². The highest BCUT2D eigenvalue weighted by Crippen LogP contribution is 2.25. The molecule has 0 saturated heterocycles. The summed E-state index contributed by atoms with van der Waals surface area (Å²) in [6.45, 7) is 2.07. The van der Waals surface area contributed by atoms with Crippen LogP contribution in [0, 0.1) is 6.92 Å². The zero-order chi connectivity index (χ0) is 19.2. The van der Waals surface area contributed by atoms with E-state index in [0.717, 1.165) is 28.1 Å². The molecule has 0 atom stereocenters. The minimum absolute atomic E-state index is 0.442. The number of hydrazone groups is 1. The molecule has 0 spiro atoms. The number of aromatic nitrogens is 3. The third kappa shape index (κ3) is 4.27. The smallest absolute Gasteiger partial charge is 0.244 e. The van der Waals surface area contributed by atoms with Crippen LogP contribution < -0.4 is 5.43 Å². The highest BCUT2D eigenvalue weighted by Gasteiger charge is 2.08. The number of rotatable bonds is 5. The number of aryl methyl sites for hydroxylation is 1. The van der Waals surface area contributed by atoms with Crippen LogP contribution in [-0.4, -0.2) is 21.2 Å². The molecule has 1 N–H and O–H groups in total. The summed E-state index contributed by atoms with van der Waals surface area (Å²) < 4.78 is 0. The summed E-state index contributed by atoms with van der Waals surface area (Å²) >= 11 is 0. The minimum atomic E-state index is 0.442. The monoisotopic (exact) mass is 365 g/mol. The molecule has 0 fully saturated rings. The van der Waals surface area contributed by atoms with Gasteiger partial charge in [0.2, 0.25) is 5.95 Å². The van der Waals surface area contributed by atoms with E-state index in [4.69, 9.17) is 0 Å². The SMILES string of the molecule is Cc1ccc(-c2cc(-c3ccccc3)nc(N/N=C\c3cccnc3)n2)cc1. The molecule has 0 aliphatic carbocycles. The molecule has 136 valence electrons. The lowest BCUT2D eigenvalue weighted by atomic mass is 10.1. The molecular formula is C23H19N5. The van der Waals surface area contributed by atoms with E-state index in [1.807, 2.05) is 48.5 Å². The normalized spacial score (nSPS) is 10.9. The maximum atomic E-state index is 4.64. The van der Waals surface area contributed by atoms with E-state index in [1.165, 1.54) is 5.56 Å². The number of hydrogen-bond donors (Lipinski definition) is 1. The van der Waals surface area contributed by atoms with Gasteiger partial charge < -0.3 is 0 Å². The summed E-state index contributed by atoms with van der Waals surface area (Å²) in [4.78, 5) is 13.3. The van der Waals surface area contributed by atoms with Gasteiger partial charge in [0.25, 0.3) is 0 Å². The Morgan fingerprint density at radius 1 is 0.821 bits per heavy atom. The van der Waals surface area contributed by atoms with Gasteiger partial charge in [0, 0.05) is 29.1 Å². The van der Waals surface area contributed by atoms with Crippen LogP contribution in [0.15, 0.2) is 90.3 Å². The lowest BCUT2D eigenvalue weighted by molar-refractivity contribution is 1.12. The van der Waals surface area contributed by atoms with Crippen LogP contribution in [0.25, 0.3) is 22.5 Å². The van der Waals surface area contributed by atoms with Crippen molar-refractivity contribution in [2.24, 2.45) is 5.10 Å². The van der Waals surface area contributed by atoms with Crippen LogP contribution >= 0.6 is 0 Å². The Morgan fingerprint density at radius 3 is 2.21 bits per heavy atom. The van der Waals surface area contributed by atoms with E-state index >= 15 is 0 Å². The van der Waals surface area contributed by atoms with E-state index in [9.17, 15) is 0 Å². The molecule has 5 heteroatoms. The average molecular weight is 365 g/mol. The van der Waals surface area contributed by atoms with Crippen LogP contribution in [-0.2, 0) is 0 Å². The van der Waals surface area contributed by atoms with Crippen molar-refractivity contribution in [3.8, 4) is 22.5 Å². The first-order valence-corrected chi connectivity index (χ1v) is 8.98. The van der Waals surface area contributed by atoms with E-state index in [0.29, 0.717) is 5.95 Å². The van der Waals surface area contributed by atoms with Gasteiger partial charge in [-0.2, -0.15) is 5.10 Å². The number of nitrogens with zero attached hydrogens (tertiary/aromatic N) is 4. The lowest BCUT2D eigenvalue weighted by Gasteiger charge is -2.08. The maximum absolute atomic E-state index is 4.64. The number of nitrogens with one attached hydrogen (secondary N) is 1. The summed E-state index contributed by atoms with van der Waals surface area (Å²) in [6.07, 6.45) is 5.16. The van der Waals surface area contributed by atoms with Crippen LogP contribution in [0.1, 0.15) is 11.1 Å². The van der Waals surface area contributed by atoms with Crippen LogP contribution in [0.4, 0.5) is 5.95 Å². The Balaban J connectivity index is 1.69. The predicted octanol–water partition coefficient (Wildman–Crippen LogP) is 4.96. The highest BCUT2D eigenvalue weighted by atomic mass is 15.3. The van der Waals surface area contributed by atoms with Crippen molar-refractivity contribution in [2.45, 2.75) is 6.92 Å². The fourth-order valence-corrected chi connectivity index (χ4v) is 2.74. The number of benzene rings is 2. The second-order valence-electron chi connectivity index (χ2n) is 6.35. The molecule has 28 heavy (non-hydrogen) atoms. The van der Waals surface area contributed by atoms with Crippen molar-refractivity contribution >= 4 is 12.2 Å². The van der Waals surface area contributed by atoms with Gasteiger partial charge in [0.1, 0.15) is 0 Å². The molecule has 4 aromatic rings. The second kappa shape index (κ2) is 8.22. The van der Waals surface area contributed by atoms with Crippen molar-refractivity contribution in [1.82, 2.24) is 15.0 Å². The van der Waals surface area contributed by atoms with E-state index in [2.05, 4.69) is 56.7 Å².